The Morgan fingerprint density at radius 3 is 2.08 bits per heavy atom. The lowest BCUT2D eigenvalue weighted by molar-refractivity contribution is -0.0683. The van der Waals surface area contributed by atoms with Crippen LogP contribution in [0.1, 0.15) is 59.8 Å². The van der Waals surface area contributed by atoms with Gasteiger partial charge in [0.15, 0.2) is 0 Å². The quantitative estimate of drug-likeness (QED) is 0.634. The zero-order valence-corrected chi connectivity index (χ0v) is 9.60. The van der Waals surface area contributed by atoms with Gasteiger partial charge in [-0.05, 0) is 25.2 Å². The van der Waals surface area contributed by atoms with Crippen molar-refractivity contribution in [3.05, 3.63) is 0 Å². The Morgan fingerprint density at radius 2 is 1.62 bits per heavy atom. The van der Waals surface area contributed by atoms with Crippen LogP contribution in [0.4, 0.5) is 0 Å². The van der Waals surface area contributed by atoms with Crippen molar-refractivity contribution in [1.29, 1.82) is 0 Å². The molecule has 0 radical (unpaired) electrons. The first kappa shape index (κ1) is 11.0. The van der Waals surface area contributed by atoms with Crippen LogP contribution in [0.3, 0.4) is 0 Å². The van der Waals surface area contributed by atoms with E-state index in [0.29, 0.717) is 12.2 Å². The highest BCUT2D eigenvalue weighted by Crippen LogP contribution is 2.27. The minimum Gasteiger partial charge on any atom is -0.375 e. The zero-order valence-electron chi connectivity index (χ0n) is 9.60. The summed E-state index contributed by atoms with van der Waals surface area (Å²) >= 11 is 0. The Hall–Kier alpha value is -0.0400. The normalized spacial score (nSPS) is 23.1. The van der Waals surface area contributed by atoms with E-state index in [1.807, 2.05) is 0 Å². The highest BCUT2D eigenvalue weighted by molar-refractivity contribution is 4.73. The molecule has 1 rings (SSSR count). The molecular formula is C12H24O. The summed E-state index contributed by atoms with van der Waals surface area (Å²) in [7, 11) is 0. The second-order valence-corrected chi connectivity index (χ2v) is 5.40. The van der Waals surface area contributed by atoms with Crippen LogP contribution in [-0.2, 0) is 4.74 Å². The lowest BCUT2D eigenvalue weighted by atomic mass is 9.89. The van der Waals surface area contributed by atoms with Crippen LogP contribution in [0.25, 0.3) is 0 Å². The van der Waals surface area contributed by atoms with E-state index in [4.69, 9.17) is 4.74 Å². The Kier molecular flexibility index (Phi) is 3.78. The van der Waals surface area contributed by atoms with Crippen LogP contribution in [0, 0.1) is 5.41 Å². The number of hydrogen-bond acceptors (Lipinski definition) is 1. The Bertz CT molecular complexity index is 140. The number of hydrogen-bond donors (Lipinski definition) is 0. The minimum absolute atomic E-state index is 0.289. The van der Waals surface area contributed by atoms with Gasteiger partial charge in [0, 0.05) is 0 Å². The second-order valence-electron chi connectivity index (χ2n) is 5.40. The molecule has 0 aliphatic heterocycles. The van der Waals surface area contributed by atoms with E-state index in [1.165, 1.54) is 32.1 Å². The fraction of sp³-hybridized carbons (Fsp3) is 1.00. The van der Waals surface area contributed by atoms with Gasteiger partial charge in [-0.25, -0.2) is 0 Å². The van der Waals surface area contributed by atoms with Gasteiger partial charge in [0.2, 0.25) is 0 Å². The maximum absolute atomic E-state index is 6.06. The molecule has 1 heteroatoms. The van der Waals surface area contributed by atoms with Crippen molar-refractivity contribution in [2.75, 3.05) is 0 Å². The Morgan fingerprint density at radius 1 is 1.08 bits per heavy atom. The van der Waals surface area contributed by atoms with Crippen molar-refractivity contribution in [2.24, 2.45) is 5.41 Å². The van der Waals surface area contributed by atoms with Crippen LogP contribution in [0.5, 0.6) is 0 Å². The minimum atomic E-state index is 0.289. The third kappa shape index (κ3) is 3.68. The average molecular weight is 184 g/mol. The molecule has 0 amide bonds. The second kappa shape index (κ2) is 4.45. The van der Waals surface area contributed by atoms with Gasteiger partial charge in [0.25, 0.3) is 0 Å². The molecular weight excluding hydrogens is 160 g/mol. The van der Waals surface area contributed by atoms with Crippen molar-refractivity contribution in [1.82, 2.24) is 0 Å². The fourth-order valence-electron chi connectivity index (χ4n) is 1.69. The lowest BCUT2D eigenvalue weighted by Crippen LogP contribution is -2.31. The lowest BCUT2D eigenvalue weighted by Gasteiger charge is -2.33. The van der Waals surface area contributed by atoms with Gasteiger partial charge in [-0.3, -0.25) is 0 Å². The largest absolute Gasteiger partial charge is 0.375 e. The van der Waals surface area contributed by atoms with Crippen LogP contribution in [0.15, 0.2) is 0 Å². The summed E-state index contributed by atoms with van der Waals surface area (Å²) in [5.41, 5.74) is 0.289. The van der Waals surface area contributed by atoms with Gasteiger partial charge < -0.3 is 4.74 Å². The standard InChI is InChI=1S/C12H24O/c1-10(12(2,3)4)13-11-8-6-5-7-9-11/h10-11H,5-9H2,1-4H3/t10-/m1/s1. The van der Waals surface area contributed by atoms with Crippen molar-refractivity contribution in [2.45, 2.75) is 72.0 Å². The molecule has 1 aliphatic rings. The first-order valence-electron chi connectivity index (χ1n) is 5.65. The summed E-state index contributed by atoms with van der Waals surface area (Å²) in [5, 5.41) is 0. The van der Waals surface area contributed by atoms with E-state index in [9.17, 15) is 0 Å². The summed E-state index contributed by atoms with van der Waals surface area (Å²) < 4.78 is 6.06. The molecule has 1 aliphatic carbocycles. The van der Waals surface area contributed by atoms with Gasteiger partial charge in [0.1, 0.15) is 0 Å². The molecule has 1 atom stereocenters. The molecule has 1 saturated carbocycles. The third-order valence-corrected chi connectivity index (χ3v) is 3.17. The molecule has 0 heterocycles. The summed E-state index contributed by atoms with van der Waals surface area (Å²) in [5.74, 6) is 0. The molecule has 13 heavy (non-hydrogen) atoms. The maximum atomic E-state index is 6.06. The summed E-state index contributed by atoms with van der Waals surface area (Å²) in [6, 6.07) is 0. The van der Waals surface area contributed by atoms with Crippen molar-refractivity contribution in [3.8, 4) is 0 Å². The van der Waals surface area contributed by atoms with Crippen molar-refractivity contribution in [3.63, 3.8) is 0 Å². The van der Waals surface area contributed by atoms with Crippen LogP contribution in [0.2, 0.25) is 0 Å². The Labute approximate surface area is 82.9 Å². The SMILES string of the molecule is C[C@@H](OC1CCCCC1)C(C)(C)C. The maximum Gasteiger partial charge on any atom is 0.0599 e. The van der Waals surface area contributed by atoms with E-state index in [2.05, 4.69) is 27.7 Å². The number of ether oxygens (including phenoxy) is 1. The molecule has 78 valence electrons. The molecule has 1 fully saturated rings. The molecule has 1 nitrogen and oxygen atoms in total. The average Bonchev–Trinajstić information content (AvgIpc) is 2.04. The topological polar surface area (TPSA) is 9.23 Å². The molecule has 0 bridgehead atoms. The molecule has 0 saturated heterocycles. The van der Waals surface area contributed by atoms with E-state index in [1.54, 1.807) is 0 Å². The van der Waals surface area contributed by atoms with Crippen molar-refractivity contribution >= 4 is 0 Å². The monoisotopic (exact) mass is 184 g/mol. The predicted molar refractivity (Wildman–Crippen MR) is 56.9 cm³/mol. The summed E-state index contributed by atoms with van der Waals surface area (Å²) in [6.07, 6.45) is 7.62. The summed E-state index contributed by atoms with van der Waals surface area (Å²) in [6.45, 7) is 8.95. The first-order chi connectivity index (χ1) is 6.00. The highest BCUT2D eigenvalue weighted by Gasteiger charge is 2.24. The van der Waals surface area contributed by atoms with Crippen LogP contribution < -0.4 is 0 Å². The van der Waals surface area contributed by atoms with E-state index >= 15 is 0 Å². The van der Waals surface area contributed by atoms with Crippen LogP contribution in [-0.4, -0.2) is 12.2 Å². The van der Waals surface area contributed by atoms with E-state index in [0.717, 1.165) is 0 Å². The molecule has 0 spiro atoms. The van der Waals surface area contributed by atoms with Gasteiger partial charge in [-0.1, -0.05) is 40.0 Å². The molecule has 0 aromatic rings. The smallest absolute Gasteiger partial charge is 0.0599 e. The molecule has 0 aromatic carbocycles. The number of rotatable bonds is 2. The van der Waals surface area contributed by atoms with Gasteiger partial charge >= 0.3 is 0 Å². The third-order valence-electron chi connectivity index (χ3n) is 3.17. The van der Waals surface area contributed by atoms with E-state index < -0.39 is 0 Å². The van der Waals surface area contributed by atoms with Gasteiger partial charge in [0.05, 0.1) is 12.2 Å². The van der Waals surface area contributed by atoms with Gasteiger partial charge in [-0.15, -0.1) is 0 Å². The molecule has 0 aromatic heterocycles. The van der Waals surface area contributed by atoms with Crippen LogP contribution >= 0.6 is 0 Å². The fourth-order valence-corrected chi connectivity index (χ4v) is 1.69. The summed E-state index contributed by atoms with van der Waals surface area (Å²) in [4.78, 5) is 0. The first-order valence-corrected chi connectivity index (χ1v) is 5.65. The molecule has 0 N–H and O–H groups in total. The Balaban J connectivity index is 2.30. The van der Waals surface area contributed by atoms with E-state index in [-0.39, 0.29) is 5.41 Å². The van der Waals surface area contributed by atoms with Crippen molar-refractivity contribution < 1.29 is 4.74 Å². The van der Waals surface area contributed by atoms with Gasteiger partial charge in [-0.2, -0.15) is 0 Å². The highest BCUT2D eigenvalue weighted by atomic mass is 16.5. The predicted octanol–water partition coefficient (Wildman–Crippen LogP) is 3.77. The zero-order chi connectivity index (χ0) is 9.90. The molecule has 0 unspecified atom stereocenters.